The molecule has 0 bridgehead atoms. The molecule has 0 saturated heterocycles. The van der Waals surface area contributed by atoms with Gasteiger partial charge < -0.3 is 9.47 Å². The predicted octanol–water partition coefficient (Wildman–Crippen LogP) is 3.95. The van der Waals surface area contributed by atoms with Gasteiger partial charge in [0.15, 0.2) is 11.5 Å². The Kier molecular flexibility index (Phi) is 4.34. The normalized spacial score (nSPS) is 13.3. The second-order valence-corrected chi connectivity index (χ2v) is 5.69. The van der Waals surface area contributed by atoms with Gasteiger partial charge in [0, 0.05) is 29.3 Å². The van der Waals surface area contributed by atoms with E-state index >= 15 is 0 Å². The Morgan fingerprint density at radius 2 is 1.86 bits per heavy atom. The largest absolute Gasteiger partial charge is 0.493 e. The minimum absolute atomic E-state index is 0.738. The van der Waals surface area contributed by atoms with Gasteiger partial charge in [0.2, 0.25) is 0 Å². The van der Waals surface area contributed by atoms with Crippen molar-refractivity contribution < 1.29 is 9.47 Å². The molecule has 0 saturated carbocycles. The van der Waals surface area contributed by atoms with E-state index in [1.54, 1.807) is 14.2 Å². The number of hydrogen-bond acceptors (Lipinski definition) is 3. The molecule has 2 aromatic carbocycles. The number of nitrogens with zero attached hydrogens (tertiary/aromatic N) is 1. The summed E-state index contributed by atoms with van der Waals surface area (Å²) >= 11 is 6.07. The third-order valence-electron chi connectivity index (χ3n) is 3.86. The van der Waals surface area contributed by atoms with Gasteiger partial charge in [0.1, 0.15) is 0 Å². The average molecular weight is 316 g/mol. The highest BCUT2D eigenvalue weighted by Crippen LogP contribution is 2.33. The van der Waals surface area contributed by atoms with E-state index in [0.717, 1.165) is 52.7 Å². The highest BCUT2D eigenvalue weighted by atomic mass is 35.5. The molecule has 1 aliphatic heterocycles. The van der Waals surface area contributed by atoms with Crippen LogP contribution in [0.4, 0.5) is 0 Å². The summed E-state index contributed by atoms with van der Waals surface area (Å²) < 4.78 is 10.8. The summed E-state index contributed by atoms with van der Waals surface area (Å²) in [4.78, 5) is 4.70. The van der Waals surface area contributed by atoms with Crippen LogP contribution < -0.4 is 9.47 Å². The highest BCUT2D eigenvalue weighted by molar-refractivity contribution is 6.30. The van der Waals surface area contributed by atoms with Gasteiger partial charge in [-0.15, -0.1) is 0 Å². The molecule has 0 aliphatic carbocycles. The lowest BCUT2D eigenvalue weighted by molar-refractivity contribution is 0.354. The van der Waals surface area contributed by atoms with Gasteiger partial charge in [-0.3, -0.25) is 4.99 Å². The Morgan fingerprint density at radius 3 is 2.59 bits per heavy atom. The molecule has 22 heavy (non-hydrogen) atoms. The van der Waals surface area contributed by atoms with Crippen molar-refractivity contribution in [3.8, 4) is 11.5 Å². The number of benzene rings is 2. The van der Waals surface area contributed by atoms with Gasteiger partial charge in [0.25, 0.3) is 0 Å². The van der Waals surface area contributed by atoms with Crippen molar-refractivity contribution in [3.05, 3.63) is 58.1 Å². The van der Waals surface area contributed by atoms with Crippen LogP contribution in [-0.2, 0) is 12.8 Å². The smallest absolute Gasteiger partial charge is 0.161 e. The van der Waals surface area contributed by atoms with E-state index in [4.69, 9.17) is 26.1 Å². The lowest BCUT2D eigenvalue weighted by Crippen LogP contribution is -2.16. The van der Waals surface area contributed by atoms with Crippen molar-refractivity contribution in [1.82, 2.24) is 0 Å². The van der Waals surface area contributed by atoms with Crippen molar-refractivity contribution in [2.45, 2.75) is 12.8 Å². The number of ether oxygens (including phenoxy) is 2. The maximum Gasteiger partial charge on any atom is 0.161 e. The summed E-state index contributed by atoms with van der Waals surface area (Å²) in [5.74, 6) is 1.51. The Balaban J connectivity index is 1.97. The lowest BCUT2D eigenvalue weighted by atomic mass is 9.93. The number of methoxy groups -OCH3 is 2. The van der Waals surface area contributed by atoms with Crippen molar-refractivity contribution in [1.29, 1.82) is 0 Å². The number of aliphatic imine (C=N–C) groups is 1. The monoisotopic (exact) mass is 315 g/mol. The molecule has 3 nitrogen and oxygen atoms in total. The molecule has 0 radical (unpaired) electrons. The molecule has 0 aromatic heterocycles. The maximum absolute atomic E-state index is 6.07. The quantitative estimate of drug-likeness (QED) is 0.855. The third-order valence-corrected chi connectivity index (χ3v) is 4.10. The van der Waals surface area contributed by atoms with E-state index in [0.29, 0.717) is 0 Å². The molecule has 0 fully saturated rings. The standard InChI is InChI=1S/C18H18ClNO2/c1-21-17-10-13-6-7-20-16(15(13)11-18(17)22-2)9-12-4-3-5-14(19)8-12/h3-5,8,10-11H,6-7,9H2,1-2H3. The average Bonchev–Trinajstić information content (AvgIpc) is 2.54. The minimum Gasteiger partial charge on any atom is -0.493 e. The van der Waals surface area contributed by atoms with Crippen LogP contribution in [0.5, 0.6) is 11.5 Å². The molecule has 114 valence electrons. The zero-order chi connectivity index (χ0) is 15.5. The summed E-state index contributed by atoms with van der Waals surface area (Å²) in [7, 11) is 3.31. The van der Waals surface area contributed by atoms with Gasteiger partial charge >= 0.3 is 0 Å². The first kappa shape index (κ1) is 14.9. The van der Waals surface area contributed by atoms with Crippen molar-refractivity contribution in [2.24, 2.45) is 4.99 Å². The van der Waals surface area contributed by atoms with Crippen LogP contribution in [0.1, 0.15) is 16.7 Å². The van der Waals surface area contributed by atoms with Crippen LogP contribution in [0.15, 0.2) is 41.4 Å². The molecule has 0 unspecified atom stereocenters. The second kappa shape index (κ2) is 6.41. The highest BCUT2D eigenvalue weighted by Gasteiger charge is 2.18. The SMILES string of the molecule is COc1cc2c(cc1OC)C(Cc1cccc(Cl)c1)=NCC2. The Bertz CT molecular complexity index is 725. The van der Waals surface area contributed by atoms with Crippen LogP contribution in [0.2, 0.25) is 5.02 Å². The fourth-order valence-electron chi connectivity index (χ4n) is 2.78. The van der Waals surface area contributed by atoms with E-state index < -0.39 is 0 Å². The topological polar surface area (TPSA) is 30.8 Å². The first-order valence-electron chi connectivity index (χ1n) is 7.24. The van der Waals surface area contributed by atoms with Gasteiger partial charge in [-0.25, -0.2) is 0 Å². The fraction of sp³-hybridized carbons (Fsp3) is 0.278. The third kappa shape index (κ3) is 2.95. The molecular weight excluding hydrogens is 298 g/mol. The summed E-state index contributed by atoms with van der Waals surface area (Å²) in [5.41, 5.74) is 4.63. The molecule has 1 heterocycles. The first-order chi connectivity index (χ1) is 10.7. The molecule has 0 N–H and O–H groups in total. The van der Waals surface area contributed by atoms with Crippen molar-refractivity contribution in [2.75, 3.05) is 20.8 Å². The lowest BCUT2D eigenvalue weighted by Gasteiger charge is -2.20. The second-order valence-electron chi connectivity index (χ2n) is 5.25. The fourth-order valence-corrected chi connectivity index (χ4v) is 3.00. The van der Waals surface area contributed by atoms with E-state index in [-0.39, 0.29) is 0 Å². The van der Waals surface area contributed by atoms with Crippen molar-refractivity contribution in [3.63, 3.8) is 0 Å². The van der Waals surface area contributed by atoms with E-state index in [1.165, 1.54) is 5.56 Å². The van der Waals surface area contributed by atoms with Crippen LogP contribution >= 0.6 is 11.6 Å². The summed E-state index contributed by atoms with van der Waals surface area (Å²) in [6.45, 7) is 0.804. The summed E-state index contributed by atoms with van der Waals surface area (Å²) in [5, 5.41) is 0.751. The summed E-state index contributed by atoms with van der Waals surface area (Å²) in [6, 6.07) is 12.0. The molecule has 4 heteroatoms. The number of fused-ring (bicyclic) bond motifs is 1. The van der Waals surface area contributed by atoms with E-state index in [2.05, 4.69) is 12.1 Å². The van der Waals surface area contributed by atoms with Crippen LogP contribution in [0.25, 0.3) is 0 Å². The van der Waals surface area contributed by atoms with Gasteiger partial charge in [-0.2, -0.15) is 0 Å². The van der Waals surface area contributed by atoms with Crippen LogP contribution in [-0.4, -0.2) is 26.5 Å². The molecule has 0 atom stereocenters. The maximum atomic E-state index is 6.07. The first-order valence-corrected chi connectivity index (χ1v) is 7.62. The molecule has 1 aliphatic rings. The molecular formula is C18H18ClNO2. The molecule has 2 aromatic rings. The number of halogens is 1. The predicted molar refractivity (Wildman–Crippen MR) is 89.8 cm³/mol. The van der Waals surface area contributed by atoms with Gasteiger partial charge in [0.05, 0.1) is 14.2 Å². The number of rotatable bonds is 4. The summed E-state index contributed by atoms with van der Waals surface area (Å²) in [6.07, 6.45) is 1.69. The molecule has 0 spiro atoms. The Labute approximate surface area is 135 Å². The molecule has 3 rings (SSSR count). The van der Waals surface area contributed by atoms with Crippen LogP contribution in [0.3, 0.4) is 0 Å². The zero-order valence-electron chi connectivity index (χ0n) is 12.7. The Morgan fingerprint density at radius 1 is 1.09 bits per heavy atom. The van der Waals surface area contributed by atoms with Gasteiger partial charge in [-0.05, 0) is 41.8 Å². The van der Waals surface area contributed by atoms with Crippen molar-refractivity contribution >= 4 is 17.3 Å². The van der Waals surface area contributed by atoms with Gasteiger partial charge in [-0.1, -0.05) is 23.7 Å². The zero-order valence-corrected chi connectivity index (χ0v) is 13.5. The number of hydrogen-bond donors (Lipinski definition) is 0. The van der Waals surface area contributed by atoms with E-state index in [1.807, 2.05) is 24.3 Å². The van der Waals surface area contributed by atoms with Crippen LogP contribution in [0, 0.1) is 0 Å². The molecule has 0 amide bonds. The Hall–Kier alpha value is -2.00. The van der Waals surface area contributed by atoms with E-state index in [9.17, 15) is 0 Å². The minimum atomic E-state index is 0.738.